The van der Waals surface area contributed by atoms with Gasteiger partial charge < -0.3 is 10.4 Å². The number of phenols is 1. The molecule has 0 saturated carbocycles. The molecule has 2 rings (SSSR count). The molecule has 0 unspecified atom stereocenters. The normalized spacial score (nSPS) is 11.2. The third-order valence-corrected chi connectivity index (χ3v) is 3.51. The highest BCUT2D eigenvalue weighted by Crippen LogP contribution is 2.16. The number of primary sulfonamides is 1. The van der Waals surface area contributed by atoms with E-state index >= 15 is 0 Å². The van der Waals surface area contributed by atoms with Gasteiger partial charge in [0, 0.05) is 12.2 Å². The van der Waals surface area contributed by atoms with E-state index < -0.39 is 10.0 Å². The Kier molecular flexibility index (Phi) is 3.73. The van der Waals surface area contributed by atoms with Gasteiger partial charge in [-0.1, -0.05) is 18.2 Å². The van der Waals surface area contributed by atoms with Gasteiger partial charge in [-0.15, -0.1) is 0 Å². The topological polar surface area (TPSA) is 92.4 Å². The van der Waals surface area contributed by atoms with Crippen LogP contribution in [0.2, 0.25) is 0 Å². The highest BCUT2D eigenvalue weighted by atomic mass is 32.2. The van der Waals surface area contributed by atoms with Crippen molar-refractivity contribution in [3.05, 3.63) is 54.1 Å². The van der Waals surface area contributed by atoms with E-state index in [4.69, 9.17) is 10.2 Å². The Balaban J connectivity index is 2.10. The lowest BCUT2D eigenvalue weighted by Crippen LogP contribution is -2.12. The van der Waals surface area contributed by atoms with Gasteiger partial charge >= 0.3 is 0 Å². The molecule has 0 amide bonds. The molecular weight excluding hydrogens is 264 g/mol. The molecule has 0 bridgehead atoms. The highest BCUT2D eigenvalue weighted by molar-refractivity contribution is 7.89. The first kappa shape index (κ1) is 13.4. The molecule has 0 aliphatic heterocycles. The molecule has 0 radical (unpaired) electrons. The second-order valence-electron chi connectivity index (χ2n) is 4.09. The van der Waals surface area contributed by atoms with Crippen LogP contribution in [-0.4, -0.2) is 13.5 Å². The molecule has 2 aromatic carbocycles. The fourth-order valence-electron chi connectivity index (χ4n) is 1.60. The quantitative estimate of drug-likeness (QED) is 0.793. The van der Waals surface area contributed by atoms with Gasteiger partial charge in [0.1, 0.15) is 5.75 Å². The number of anilines is 1. The highest BCUT2D eigenvalue weighted by Gasteiger charge is 2.07. The summed E-state index contributed by atoms with van der Waals surface area (Å²) in [7, 11) is -3.69. The Bertz CT molecular complexity index is 667. The van der Waals surface area contributed by atoms with Gasteiger partial charge in [-0.2, -0.15) is 0 Å². The van der Waals surface area contributed by atoms with Gasteiger partial charge in [-0.05, 0) is 35.9 Å². The minimum absolute atomic E-state index is 0.0724. The van der Waals surface area contributed by atoms with E-state index in [2.05, 4.69) is 5.32 Å². The second kappa shape index (κ2) is 5.29. The first-order valence-electron chi connectivity index (χ1n) is 5.60. The van der Waals surface area contributed by atoms with E-state index in [-0.39, 0.29) is 10.6 Å². The van der Waals surface area contributed by atoms with Crippen molar-refractivity contribution in [2.45, 2.75) is 11.4 Å². The van der Waals surface area contributed by atoms with Crippen LogP contribution in [-0.2, 0) is 16.6 Å². The summed E-state index contributed by atoms with van der Waals surface area (Å²) < 4.78 is 22.4. The van der Waals surface area contributed by atoms with Crippen LogP contribution in [0.25, 0.3) is 0 Å². The van der Waals surface area contributed by atoms with Gasteiger partial charge in [0.05, 0.1) is 4.90 Å². The van der Waals surface area contributed by atoms with Gasteiger partial charge in [-0.25, -0.2) is 13.6 Å². The van der Waals surface area contributed by atoms with E-state index in [1.807, 2.05) is 0 Å². The van der Waals surface area contributed by atoms with Gasteiger partial charge in [0.2, 0.25) is 10.0 Å². The van der Waals surface area contributed by atoms with Crippen molar-refractivity contribution >= 4 is 15.7 Å². The molecule has 0 aliphatic rings. The van der Waals surface area contributed by atoms with Crippen molar-refractivity contribution < 1.29 is 13.5 Å². The Morgan fingerprint density at radius 2 is 1.79 bits per heavy atom. The Hall–Kier alpha value is -2.05. The van der Waals surface area contributed by atoms with E-state index in [1.165, 1.54) is 12.1 Å². The Labute approximate surface area is 111 Å². The summed E-state index contributed by atoms with van der Waals surface area (Å²) in [5.74, 6) is 0.208. The predicted octanol–water partition coefficient (Wildman–Crippen LogP) is 1.65. The van der Waals surface area contributed by atoms with Crippen LogP contribution < -0.4 is 10.5 Å². The van der Waals surface area contributed by atoms with Crippen molar-refractivity contribution in [2.24, 2.45) is 5.14 Å². The maximum Gasteiger partial charge on any atom is 0.238 e. The monoisotopic (exact) mass is 278 g/mol. The summed E-state index contributed by atoms with van der Waals surface area (Å²) in [6.45, 7) is 0.522. The third-order valence-electron chi connectivity index (χ3n) is 2.60. The lowest BCUT2D eigenvalue weighted by molar-refractivity contribution is 0.475. The molecule has 100 valence electrons. The summed E-state index contributed by atoms with van der Waals surface area (Å²) >= 11 is 0. The molecule has 19 heavy (non-hydrogen) atoms. The van der Waals surface area contributed by atoms with Crippen LogP contribution in [0.15, 0.2) is 53.4 Å². The molecule has 4 N–H and O–H groups in total. The first-order chi connectivity index (χ1) is 8.95. The molecule has 2 aromatic rings. The number of sulfonamides is 1. The number of phenolic OH excluding ortho intramolecular Hbond substituents is 1. The van der Waals surface area contributed by atoms with Crippen LogP contribution in [0.1, 0.15) is 5.56 Å². The number of benzene rings is 2. The van der Waals surface area contributed by atoms with Crippen molar-refractivity contribution in [1.82, 2.24) is 0 Å². The summed E-state index contributed by atoms with van der Waals surface area (Å²) in [6.07, 6.45) is 0. The predicted molar refractivity (Wildman–Crippen MR) is 73.2 cm³/mol. The number of hydrogen-bond donors (Lipinski definition) is 3. The van der Waals surface area contributed by atoms with Gasteiger partial charge in [-0.3, -0.25) is 0 Å². The molecule has 0 saturated heterocycles. The fraction of sp³-hybridized carbons (Fsp3) is 0.0769. The zero-order valence-corrected chi connectivity index (χ0v) is 10.9. The smallest absolute Gasteiger partial charge is 0.238 e. The molecule has 5 nitrogen and oxygen atoms in total. The van der Waals surface area contributed by atoms with Crippen LogP contribution in [0.4, 0.5) is 5.69 Å². The lowest BCUT2D eigenvalue weighted by Gasteiger charge is -2.08. The summed E-state index contributed by atoms with van der Waals surface area (Å²) in [6, 6.07) is 13.1. The maximum absolute atomic E-state index is 11.2. The summed E-state index contributed by atoms with van der Waals surface area (Å²) in [5.41, 5.74) is 1.64. The number of hydrogen-bond acceptors (Lipinski definition) is 4. The SMILES string of the molecule is NS(=O)(=O)c1cccc(NCc2ccc(O)cc2)c1. The van der Waals surface area contributed by atoms with E-state index in [0.717, 1.165) is 5.56 Å². The average Bonchev–Trinajstić information content (AvgIpc) is 2.37. The minimum Gasteiger partial charge on any atom is -0.508 e. The van der Waals surface area contributed by atoms with Crippen LogP contribution in [0.5, 0.6) is 5.75 Å². The van der Waals surface area contributed by atoms with Crippen molar-refractivity contribution in [1.29, 1.82) is 0 Å². The Morgan fingerprint density at radius 3 is 2.42 bits per heavy atom. The fourth-order valence-corrected chi connectivity index (χ4v) is 2.16. The zero-order chi connectivity index (χ0) is 13.9. The summed E-state index contributed by atoms with van der Waals surface area (Å²) in [5, 5.41) is 17.3. The number of rotatable bonds is 4. The molecule has 0 fully saturated rings. The second-order valence-corrected chi connectivity index (χ2v) is 5.65. The molecule has 6 heteroatoms. The zero-order valence-electron chi connectivity index (χ0n) is 10.1. The van der Waals surface area contributed by atoms with Crippen LogP contribution in [0, 0.1) is 0 Å². The number of nitrogens with one attached hydrogen (secondary N) is 1. The molecule has 0 heterocycles. The van der Waals surface area contributed by atoms with Crippen LogP contribution in [0.3, 0.4) is 0 Å². The first-order valence-corrected chi connectivity index (χ1v) is 7.14. The van der Waals surface area contributed by atoms with Crippen LogP contribution >= 0.6 is 0 Å². The molecule has 0 atom stereocenters. The van der Waals surface area contributed by atoms with Gasteiger partial charge in [0.15, 0.2) is 0 Å². The van der Waals surface area contributed by atoms with E-state index in [1.54, 1.807) is 36.4 Å². The molecular formula is C13H14N2O3S. The van der Waals surface area contributed by atoms with Crippen molar-refractivity contribution in [3.63, 3.8) is 0 Å². The van der Waals surface area contributed by atoms with Gasteiger partial charge in [0.25, 0.3) is 0 Å². The molecule has 0 aliphatic carbocycles. The molecule has 0 spiro atoms. The average molecular weight is 278 g/mol. The Morgan fingerprint density at radius 1 is 1.11 bits per heavy atom. The van der Waals surface area contributed by atoms with E-state index in [0.29, 0.717) is 12.2 Å². The standard InChI is InChI=1S/C13H14N2O3S/c14-19(17,18)13-3-1-2-11(8-13)15-9-10-4-6-12(16)7-5-10/h1-8,15-16H,9H2,(H2,14,17,18). The third kappa shape index (κ3) is 3.70. The largest absolute Gasteiger partial charge is 0.508 e. The molecule has 0 aromatic heterocycles. The lowest BCUT2D eigenvalue weighted by atomic mass is 10.2. The number of aromatic hydroxyl groups is 1. The maximum atomic E-state index is 11.2. The summed E-state index contributed by atoms with van der Waals surface area (Å²) in [4.78, 5) is 0.0724. The van der Waals surface area contributed by atoms with Crippen molar-refractivity contribution in [3.8, 4) is 5.75 Å². The number of nitrogens with two attached hydrogens (primary N) is 1. The van der Waals surface area contributed by atoms with E-state index in [9.17, 15) is 8.42 Å². The van der Waals surface area contributed by atoms with Crippen molar-refractivity contribution in [2.75, 3.05) is 5.32 Å². The minimum atomic E-state index is -3.69.